The van der Waals surface area contributed by atoms with Gasteiger partial charge >= 0.3 is 0 Å². The summed E-state index contributed by atoms with van der Waals surface area (Å²) in [6.45, 7) is 4.70. The lowest BCUT2D eigenvalue weighted by Crippen LogP contribution is -2.14. The molecular weight excluding hydrogens is 1750 g/mol. The number of para-hydroxylation sites is 4. The monoisotopic (exact) mass is 1820 g/mol. The third-order valence-corrected chi connectivity index (χ3v) is 32.0. The highest BCUT2D eigenvalue weighted by molar-refractivity contribution is 7.27. The van der Waals surface area contributed by atoms with Gasteiger partial charge in [0.2, 0.25) is 0 Å². The second-order valence-electron chi connectivity index (χ2n) is 35.7. The van der Waals surface area contributed by atoms with E-state index >= 15 is 0 Å². The second-order valence-corrected chi connectivity index (χ2v) is 39.9. The van der Waals surface area contributed by atoms with Crippen LogP contribution < -0.4 is 0 Å². The maximum atomic E-state index is 6.33. The molecule has 29 aromatic rings. The molecule has 10 nitrogen and oxygen atoms in total. The predicted octanol–water partition coefficient (Wildman–Crippen LogP) is 34.4. The Morgan fingerprint density at radius 3 is 1.09 bits per heavy atom. The Labute approximate surface area is 800 Å². The molecular formula is C123H75N9OS4. The number of aromatic nitrogens is 9. The molecule has 14 heteroatoms. The van der Waals surface area contributed by atoms with Gasteiger partial charge in [0.25, 0.3) is 0 Å². The highest BCUT2D eigenvalue weighted by Crippen LogP contribution is 2.55. The molecule has 11 heterocycles. The van der Waals surface area contributed by atoms with Crippen molar-refractivity contribution in [2.75, 3.05) is 0 Å². The molecule has 137 heavy (non-hydrogen) atoms. The fourth-order valence-corrected chi connectivity index (χ4v) is 25.9. The van der Waals surface area contributed by atoms with Crippen molar-refractivity contribution in [1.29, 1.82) is 0 Å². The van der Waals surface area contributed by atoms with E-state index in [1.165, 1.54) is 127 Å². The van der Waals surface area contributed by atoms with Crippen LogP contribution in [0.1, 0.15) is 25.0 Å². The molecule has 0 saturated heterocycles. The number of furan rings is 1. The quantitative estimate of drug-likeness (QED) is 0.142. The number of nitrogens with zero attached hydrogens (tertiary/aromatic N) is 9. The van der Waals surface area contributed by atoms with E-state index in [0.717, 1.165) is 149 Å². The van der Waals surface area contributed by atoms with Gasteiger partial charge in [0.05, 0.1) is 55.6 Å². The molecule has 0 aliphatic heterocycles. The van der Waals surface area contributed by atoms with Gasteiger partial charge in [0, 0.05) is 166 Å². The highest BCUT2D eigenvalue weighted by atomic mass is 32.1. The van der Waals surface area contributed by atoms with Gasteiger partial charge in [-0.3, -0.25) is 0 Å². The van der Waals surface area contributed by atoms with Crippen molar-refractivity contribution in [2.45, 2.75) is 19.3 Å². The van der Waals surface area contributed by atoms with E-state index in [0.29, 0.717) is 0 Å². The summed E-state index contributed by atoms with van der Waals surface area (Å²) < 4.78 is 19.9. The van der Waals surface area contributed by atoms with Gasteiger partial charge in [0.15, 0.2) is 17.5 Å². The maximum Gasteiger partial charge on any atom is 0.161 e. The minimum atomic E-state index is -0.0652. The van der Waals surface area contributed by atoms with Crippen LogP contribution in [0.5, 0.6) is 0 Å². The summed E-state index contributed by atoms with van der Waals surface area (Å²) in [7, 11) is 0. The van der Waals surface area contributed by atoms with Crippen LogP contribution in [0.4, 0.5) is 0 Å². The molecule has 0 N–H and O–H groups in total. The van der Waals surface area contributed by atoms with Crippen molar-refractivity contribution in [3.8, 4) is 96.1 Å². The smallest absolute Gasteiger partial charge is 0.161 e. The summed E-state index contributed by atoms with van der Waals surface area (Å²) in [6.07, 6.45) is 0. The van der Waals surface area contributed by atoms with Crippen molar-refractivity contribution < 1.29 is 4.42 Å². The van der Waals surface area contributed by atoms with Crippen molar-refractivity contribution in [1.82, 2.24) is 43.6 Å². The molecule has 1 aliphatic rings. The van der Waals surface area contributed by atoms with Crippen molar-refractivity contribution in [3.05, 3.63) is 430 Å². The first-order valence-electron chi connectivity index (χ1n) is 46.1. The first-order valence-corrected chi connectivity index (χ1v) is 49.4. The molecule has 1 aliphatic carbocycles. The summed E-state index contributed by atoms with van der Waals surface area (Å²) in [5, 5.41) is 19.3. The number of fused-ring (bicyclic) bond motifs is 30. The Kier molecular flexibility index (Phi) is 18.0. The van der Waals surface area contributed by atoms with Gasteiger partial charge < -0.3 is 18.1 Å². The van der Waals surface area contributed by atoms with Gasteiger partial charge in [-0.25, -0.2) is 29.9 Å². The second kappa shape index (κ2) is 31.2. The molecule has 0 fully saturated rings. The minimum Gasteiger partial charge on any atom is -0.456 e. The zero-order valence-electron chi connectivity index (χ0n) is 73.9. The van der Waals surface area contributed by atoms with E-state index in [1.54, 1.807) is 34.0 Å². The van der Waals surface area contributed by atoms with Crippen molar-refractivity contribution in [2.24, 2.45) is 0 Å². The highest BCUT2D eigenvalue weighted by Gasteiger charge is 2.38. The molecule has 30 rings (SSSR count). The maximum absolute atomic E-state index is 6.33. The molecule has 11 aromatic heterocycles. The van der Waals surface area contributed by atoms with Crippen molar-refractivity contribution in [3.63, 3.8) is 0 Å². The van der Waals surface area contributed by atoms with Crippen LogP contribution in [0.15, 0.2) is 423 Å². The molecule has 0 unspecified atom stereocenters. The zero-order valence-corrected chi connectivity index (χ0v) is 77.2. The van der Waals surface area contributed by atoms with E-state index in [4.69, 9.17) is 34.3 Å². The summed E-state index contributed by atoms with van der Waals surface area (Å²) >= 11 is 7.05. The van der Waals surface area contributed by atoms with Crippen LogP contribution in [0.2, 0.25) is 0 Å². The van der Waals surface area contributed by atoms with Gasteiger partial charge in [-0.2, -0.15) is 0 Å². The summed E-state index contributed by atoms with van der Waals surface area (Å²) in [5.41, 5.74) is 26.8. The molecule has 0 atom stereocenters. The molecule has 0 radical (unpaired) electrons. The standard InChI is InChI=1S/C43H29N3S.C40H23N3OS.C40H23N3S2/c1-43(2)33-17-9-6-15-31(33)37-34(43)25-24-30-29-14-7-10-18-35(29)46(40(30)37)28-22-20-27(21-23-28)41-44-39(26-12-4-3-5-13-26)38-32-16-8-11-19-36(32)47-42(38)45-41;1-2-11-24(12-3-1)37-36-30-17-6-9-20-34(30)45-40(36)42-39(41-37)25-13-10-14-26(23-25)43-31-18-7-4-15-27(31)28-21-22-33-35(38(28)43)29-16-5-8-19-32(29)44-33;1-2-11-24(12-3-1)37-36-30-17-6-9-20-33(30)45-40(36)42-39(41-37)25-13-10-14-26(23-25)43-31-18-7-4-15-27(31)28-21-22-34-35(38(28)43)29-16-5-8-19-32(29)44-34/h3-25H,1-2H3;2*1-23H. The number of hydrogen-bond acceptors (Lipinski definition) is 11. The third kappa shape index (κ3) is 12.4. The topological polar surface area (TPSA) is 105 Å². The average Bonchev–Trinajstić information content (AvgIpc) is 1.55. The van der Waals surface area contributed by atoms with Crippen LogP contribution in [-0.4, -0.2) is 43.6 Å². The molecule has 0 spiro atoms. The minimum absolute atomic E-state index is 0.0652. The first-order chi connectivity index (χ1) is 67.7. The number of rotatable bonds is 9. The summed E-state index contributed by atoms with van der Waals surface area (Å²) in [5.74, 6) is 2.20. The first kappa shape index (κ1) is 78.9. The van der Waals surface area contributed by atoms with Crippen LogP contribution in [0.25, 0.3) is 265 Å². The third-order valence-electron chi connectivity index (χ3n) is 27.7. The zero-order chi connectivity index (χ0) is 90.2. The molecule has 18 aromatic carbocycles. The lowest BCUT2D eigenvalue weighted by molar-refractivity contribution is 0.661. The van der Waals surface area contributed by atoms with Crippen LogP contribution in [-0.2, 0) is 5.41 Å². The lowest BCUT2D eigenvalue weighted by atomic mass is 9.82. The summed E-state index contributed by atoms with van der Waals surface area (Å²) in [4.78, 5) is 34.3. The van der Waals surface area contributed by atoms with Crippen LogP contribution in [0.3, 0.4) is 0 Å². The molecule has 0 bridgehead atoms. The Balaban J connectivity index is 0.000000102. The largest absolute Gasteiger partial charge is 0.456 e. The van der Waals surface area contributed by atoms with Crippen LogP contribution >= 0.6 is 45.3 Å². The SMILES string of the molecule is CC1(C)c2ccccc2-c2c1ccc1c3ccccc3n(-c3ccc(-c4nc(-c5ccccc5)c5c(n4)sc4ccccc45)cc3)c21.c1ccc(-c2nc(-c3cccc(-n4c5ccccc5c5ccc6oc7ccccc7c6c54)c3)nc3sc4ccccc4c23)cc1.c1ccc(-c2nc(-c3cccc(-n4c5ccccc5c5ccc6sc7ccccc7c6c54)c3)nc3sc4ccccc4c23)cc1. The average molecular weight is 1820 g/mol. The fourth-order valence-electron chi connectivity index (χ4n) is 21.6. The Morgan fingerprint density at radius 1 is 0.226 bits per heavy atom. The van der Waals surface area contributed by atoms with Gasteiger partial charge in [-0.15, -0.1) is 45.3 Å². The Hall–Kier alpha value is -16.7. The number of thiophene rings is 4. The molecule has 0 amide bonds. The number of hydrogen-bond donors (Lipinski definition) is 0. The normalized spacial score (nSPS) is 12.5. The van der Waals surface area contributed by atoms with Crippen molar-refractivity contribution >= 4 is 214 Å². The number of benzene rings is 18. The molecule has 0 saturated carbocycles. The van der Waals surface area contributed by atoms with E-state index in [2.05, 4.69) is 428 Å². The molecule has 642 valence electrons. The van der Waals surface area contributed by atoms with E-state index < -0.39 is 0 Å². The fraction of sp³-hybridized carbons (Fsp3) is 0.0244. The van der Waals surface area contributed by atoms with E-state index in [1.807, 2.05) is 29.5 Å². The van der Waals surface area contributed by atoms with Gasteiger partial charge in [-0.1, -0.05) is 317 Å². The lowest BCUT2D eigenvalue weighted by Gasteiger charge is -2.21. The van der Waals surface area contributed by atoms with E-state index in [-0.39, 0.29) is 5.41 Å². The Morgan fingerprint density at radius 2 is 0.599 bits per heavy atom. The predicted molar refractivity (Wildman–Crippen MR) is 578 cm³/mol. The van der Waals surface area contributed by atoms with Gasteiger partial charge in [-0.05, 0) is 132 Å². The summed E-state index contributed by atoms with van der Waals surface area (Å²) in [6, 6.07) is 149. The van der Waals surface area contributed by atoms with E-state index in [9.17, 15) is 0 Å². The van der Waals surface area contributed by atoms with Crippen LogP contribution in [0, 0.1) is 0 Å². The Bertz CT molecular complexity index is 9670. The van der Waals surface area contributed by atoms with Gasteiger partial charge in [0.1, 0.15) is 25.7 Å².